The maximum atomic E-state index is 13.7. The fraction of sp³-hybridized carbons (Fsp3) is 0.406. The minimum Gasteiger partial charge on any atom is -0.347 e. The topological polar surface area (TPSA) is 69.7 Å². The second-order valence-electron chi connectivity index (χ2n) is 11.2. The molecule has 5 rings (SSSR count). The van der Waals surface area contributed by atoms with Gasteiger partial charge in [0.2, 0.25) is 15.9 Å². The van der Waals surface area contributed by atoms with Crippen molar-refractivity contribution < 1.29 is 13.2 Å². The standard InChI is InChI=1S/C32H39N3O3S2/c1-24-21-25(2)23-34(22-24)18-17-30(28-11-7-4-8-12-28)33-31(36)32-35(19-20-39-32)40(37,38)29-15-13-27(14-16-29)26-9-5-3-6-10-26/h3-16,24-25,30,32H,17-23H2,1-2H3,(H,33,36). The van der Waals surface area contributed by atoms with Gasteiger partial charge in [0.25, 0.3) is 0 Å². The van der Waals surface area contributed by atoms with Gasteiger partial charge in [-0.05, 0) is 53.5 Å². The molecule has 2 aliphatic heterocycles. The highest BCUT2D eigenvalue weighted by atomic mass is 32.2. The molecule has 3 aromatic carbocycles. The van der Waals surface area contributed by atoms with Crippen LogP contribution in [0.15, 0.2) is 89.8 Å². The minimum absolute atomic E-state index is 0.183. The van der Waals surface area contributed by atoms with Crippen LogP contribution in [0.1, 0.15) is 38.3 Å². The van der Waals surface area contributed by atoms with Crippen LogP contribution in [-0.4, -0.2) is 60.8 Å². The molecular weight excluding hydrogens is 539 g/mol. The minimum atomic E-state index is -3.83. The van der Waals surface area contributed by atoms with Crippen molar-refractivity contribution in [3.63, 3.8) is 0 Å². The molecule has 0 saturated carbocycles. The summed E-state index contributed by atoms with van der Waals surface area (Å²) in [4.78, 5) is 16.4. The van der Waals surface area contributed by atoms with Crippen LogP contribution in [0, 0.1) is 11.8 Å². The molecule has 40 heavy (non-hydrogen) atoms. The molecular formula is C32H39N3O3S2. The molecule has 4 unspecified atom stereocenters. The Kier molecular flexibility index (Phi) is 9.31. The van der Waals surface area contributed by atoms with Crippen LogP contribution in [0.4, 0.5) is 0 Å². The summed E-state index contributed by atoms with van der Waals surface area (Å²) in [5.41, 5.74) is 3.02. The molecule has 2 saturated heterocycles. The van der Waals surface area contributed by atoms with Gasteiger partial charge in [0, 0.05) is 31.9 Å². The summed E-state index contributed by atoms with van der Waals surface area (Å²) in [5, 5.41) is 2.44. The van der Waals surface area contributed by atoms with E-state index in [1.165, 1.54) is 22.5 Å². The first-order chi connectivity index (χ1) is 19.3. The number of hydrogen-bond acceptors (Lipinski definition) is 5. The molecule has 0 bridgehead atoms. The van der Waals surface area contributed by atoms with E-state index in [1.807, 2.05) is 72.8 Å². The highest BCUT2D eigenvalue weighted by Gasteiger charge is 2.41. The number of piperidine rings is 1. The van der Waals surface area contributed by atoms with E-state index in [2.05, 4.69) is 24.1 Å². The van der Waals surface area contributed by atoms with Crippen molar-refractivity contribution in [2.45, 2.75) is 43.0 Å². The number of nitrogens with one attached hydrogen (secondary N) is 1. The fourth-order valence-corrected chi connectivity index (χ4v) is 9.11. The molecule has 1 amide bonds. The molecule has 0 spiro atoms. The summed E-state index contributed by atoms with van der Waals surface area (Å²) in [6.07, 6.45) is 2.04. The Bertz CT molecular complexity index is 1360. The highest BCUT2D eigenvalue weighted by Crippen LogP contribution is 2.32. The third-order valence-corrected chi connectivity index (χ3v) is 11.1. The molecule has 0 aliphatic carbocycles. The quantitative estimate of drug-likeness (QED) is 0.356. The molecule has 2 heterocycles. The van der Waals surface area contributed by atoms with Crippen molar-refractivity contribution in [3.8, 4) is 11.1 Å². The van der Waals surface area contributed by atoms with Gasteiger partial charge in [-0.2, -0.15) is 4.31 Å². The predicted molar refractivity (Wildman–Crippen MR) is 163 cm³/mol. The van der Waals surface area contributed by atoms with Crippen molar-refractivity contribution >= 4 is 27.7 Å². The van der Waals surface area contributed by atoms with Crippen LogP contribution in [0.3, 0.4) is 0 Å². The maximum absolute atomic E-state index is 13.7. The lowest BCUT2D eigenvalue weighted by Crippen LogP contribution is -2.46. The van der Waals surface area contributed by atoms with Crippen LogP contribution in [-0.2, 0) is 14.8 Å². The molecule has 8 heteroatoms. The Labute approximate surface area is 243 Å². The molecule has 4 atom stereocenters. The first-order valence-electron chi connectivity index (χ1n) is 14.2. The largest absolute Gasteiger partial charge is 0.347 e. The summed E-state index contributed by atoms with van der Waals surface area (Å²) in [6, 6.07) is 26.6. The summed E-state index contributed by atoms with van der Waals surface area (Å²) in [5.74, 6) is 1.67. The number of hydrogen-bond donors (Lipinski definition) is 1. The lowest BCUT2D eigenvalue weighted by molar-refractivity contribution is -0.123. The predicted octanol–water partition coefficient (Wildman–Crippen LogP) is 5.64. The van der Waals surface area contributed by atoms with E-state index < -0.39 is 15.4 Å². The van der Waals surface area contributed by atoms with Gasteiger partial charge in [-0.15, -0.1) is 11.8 Å². The van der Waals surface area contributed by atoms with Gasteiger partial charge >= 0.3 is 0 Å². The summed E-state index contributed by atoms with van der Waals surface area (Å²) < 4.78 is 28.7. The van der Waals surface area contributed by atoms with E-state index in [-0.39, 0.29) is 16.8 Å². The number of benzene rings is 3. The van der Waals surface area contributed by atoms with Crippen LogP contribution in [0.2, 0.25) is 0 Å². The van der Waals surface area contributed by atoms with Gasteiger partial charge in [0.1, 0.15) is 5.37 Å². The van der Waals surface area contributed by atoms with Crippen molar-refractivity contribution in [2.75, 3.05) is 31.9 Å². The monoisotopic (exact) mass is 577 g/mol. The van der Waals surface area contributed by atoms with Crippen LogP contribution < -0.4 is 5.32 Å². The maximum Gasteiger partial charge on any atom is 0.249 e. The molecule has 1 N–H and O–H groups in total. The summed E-state index contributed by atoms with van der Waals surface area (Å²) in [6.45, 7) is 7.97. The number of rotatable bonds is 9. The molecule has 212 valence electrons. The number of sulfonamides is 1. The Morgan fingerprint density at radius 1 is 0.900 bits per heavy atom. The van der Waals surface area contributed by atoms with Gasteiger partial charge in [0.05, 0.1) is 10.9 Å². The fourth-order valence-electron chi connectivity index (χ4n) is 6.03. The second kappa shape index (κ2) is 12.9. The lowest BCUT2D eigenvalue weighted by Gasteiger charge is -2.36. The number of nitrogens with zero attached hydrogens (tertiary/aromatic N) is 2. The van der Waals surface area contributed by atoms with Crippen LogP contribution in [0.5, 0.6) is 0 Å². The van der Waals surface area contributed by atoms with E-state index in [9.17, 15) is 13.2 Å². The average Bonchev–Trinajstić information content (AvgIpc) is 3.47. The van der Waals surface area contributed by atoms with E-state index in [0.717, 1.165) is 42.7 Å². The van der Waals surface area contributed by atoms with Crippen molar-refractivity contribution in [3.05, 3.63) is 90.5 Å². The first-order valence-corrected chi connectivity index (χ1v) is 16.7. The number of likely N-dealkylation sites (tertiary alicyclic amines) is 1. The molecule has 0 aromatic heterocycles. The smallest absolute Gasteiger partial charge is 0.249 e. The molecule has 0 radical (unpaired) electrons. The third kappa shape index (κ3) is 6.79. The van der Waals surface area contributed by atoms with Gasteiger partial charge in [0.15, 0.2) is 0 Å². The number of thioether (sulfide) groups is 1. The van der Waals surface area contributed by atoms with Gasteiger partial charge in [-0.25, -0.2) is 8.42 Å². The zero-order valence-electron chi connectivity index (χ0n) is 23.3. The van der Waals surface area contributed by atoms with E-state index in [0.29, 0.717) is 24.1 Å². The van der Waals surface area contributed by atoms with E-state index in [4.69, 9.17) is 0 Å². The van der Waals surface area contributed by atoms with Gasteiger partial charge in [-0.1, -0.05) is 86.6 Å². The Hall–Kier alpha value is -2.65. The van der Waals surface area contributed by atoms with Crippen molar-refractivity contribution in [1.29, 1.82) is 0 Å². The van der Waals surface area contributed by atoms with Gasteiger partial charge < -0.3 is 10.2 Å². The SMILES string of the molecule is CC1CC(C)CN(CCC(NC(=O)C2SCCN2S(=O)(=O)c2ccc(-c3ccccc3)cc2)c2ccccc2)C1. The van der Waals surface area contributed by atoms with E-state index in [1.54, 1.807) is 12.1 Å². The molecule has 6 nitrogen and oxygen atoms in total. The van der Waals surface area contributed by atoms with Gasteiger partial charge in [-0.3, -0.25) is 4.79 Å². The van der Waals surface area contributed by atoms with Crippen molar-refractivity contribution in [1.82, 2.24) is 14.5 Å². The van der Waals surface area contributed by atoms with E-state index >= 15 is 0 Å². The first kappa shape index (κ1) is 28.9. The van der Waals surface area contributed by atoms with Crippen LogP contribution in [0.25, 0.3) is 11.1 Å². The Balaban J connectivity index is 1.29. The highest BCUT2D eigenvalue weighted by molar-refractivity contribution is 8.02. The molecule has 2 fully saturated rings. The summed E-state index contributed by atoms with van der Waals surface area (Å²) in [7, 11) is -3.83. The summed E-state index contributed by atoms with van der Waals surface area (Å²) >= 11 is 1.39. The van der Waals surface area contributed by atoms with Crippen molar-refractivity contribution in [2.24, 2.45) is 11.8 Å². The number of carbonyl (C=O) groups excluding carboxylic acids is 1. The zero-order valence-corrected chi connectivity index (χ0v) is 24.9. The van der Waals surface area contributed by atoms with Crippen LogP contribution >= 0.6 is 11.8 Å². The Morgan fingerprint density at radius 2 is 1.50 bits per heavy atom. The second-order valence-corrected chi connectivity index (χ2v) is 14.3. The molecule has 3 aromatic rings. The number of amides is 1. The zero-order chi connectivity index (χ0) is 28.1. The number of carbonyl (C=O) groups is 1. The molecule has 2 aliphatic rings. The third-order valence-electron chi connectivity index (χ3n) is 7.84. The average molecular weight is 578 g/mol. The lowest BCUT2D eigenvalue weighted by atomic mass is 9.91. The normalized spacial score (nSPS) is 23.1. The Morgan fingerprint density at radius 3 is 2.15 bits per heavy atom.